The van der Waals surface area contributed by atoms with Crippen molar-refractivity contribution in [2.75, 3.05) is 13.2 Å². The molecule has 1 aromatic heterocycles. The summed E-state index contributed by atoms with van der Waals surface area (Å²) >= 11 is 0. The molecule has 2 aliphatic rings. The molecule has 0 unspecified atom stereocenters. The highest BCUT2D eigenvalue weighted by molar-refractivity contribution is 5.78. The van der Waals surface area contributed by atoms with E-state index in [-0.39, 0.29) is 11.4 Å². The summed E-state index contributed by atoms with van der Waals surface area (Å²) < 4.78 is 23.2. The van der Waals surface area contributed by atoms with Gasteiger partial charge in [0, 0.05) is 16.7 Å². The third-order valence-electron chi connectivity index (χ3n) is 5.30. The smallest absolute Gasteiger partial charge is 0.283 e. The number of benzene rings is 2. The van der Waals surface area contributed by atoms with Crippen LogP contribution in [0.4, 0.5) is 0 Å². The van der Waals surface area contributed by atoms with Gasteiger partial charge < -0.3 is 24.4 Å². The monoisotopic (exact) mass is 404 g/mol. The molecule has 0 saturated heterocycles. The fourth-order valence-electron chi connectivity index (χ4n) is 3.83. The second-order valence-electron chi connectivity index (χ2n) is 8.93. The molecule has 30 heavy (non-hydrogen) atoms. The number of rotatable bonds is 3. The summed E-state index contributed by atoms with van der Waals surface area (Å²) in [6.07, 6.45) is 3.37. The van der Waals surface area contributed by atoms with Gasteiger partial charge in [0.2, 0.25) is 0 Å². The number of hydrogen-bond acceptors (Lipinski definition) is 6. The number of furan rings is 1. The number of nitrogens with zero attached hydrogens (tertiary/aromatic N) is 1. The van der Waals surface area contributed by atoms with Gasteiger partial charge in [0.15, 0.2) is 5.54 Å². The molecular weight excluding hydrogens is 380 g/mol. The summed E-state index contributed by atoms with van der Waals surface area (Å²) in [5.74, 6) is 2.23. The van der Waals surface area contributed by atoms with E-state index < -0.39 is 5.54 Å². The summed E-state index contributed by atoms with van der Waals surface area (Å²) in [6, 6.07) is 14.0. The summed E-state index contributed by atoms with van der Waals surface area (Å²) in [4.78, 5) is 4.75. The fraction of sp³-hybridized carbons (Fsp3) is 0.292. The van der Waals surface area contributed by atoms with Crippen molar-refractivity contribution in [1.29, 1.82) is 0 Å². The summed E-state index contributed by atoms with van der Waals surface area (Å²) in [7, 11) is 0. The van der Waals surface area contributed by atoms with E-state index in [0.717, 1.165) is 39.5 Å². The van der Waals surface area contributed by atoms with Crippen LogP contribution in [-0.2, 0) is 10.3 Å². The molecule has 1 spiro atoms. The van der Waals surface area contributed by atoms with Crippen molar-refractivity contribution >= 4 is 6.02 Å². The third kappa shape index (κ3) is 3.09. The lowest BCUT2D eigenvalue weighted by atomic mass is 9.80. The van der Waals surface area contributed by atoms with Crippen LogP contribution in [-0.4, -0.2) is 19.2 Å². The molecule has 0 bridgehead atoms. The van der Waals surface area contributed by atoms with E-state index >= 15 is 0 Å². The van der Waals surface area contributed by atoms with Gasteiger partial charge in [-0.2, -0.15) is 0 Å². The van der Waals surface area contributed by atoms with Crippen LogP contribution in [0.15, 0.2) is 64.4 Å². The average Bonchev–Trinajstić information content (AvgIpc) is 3.37. The van der Waals surface area contributed by atoms with Crippen LogP contribution >= 0.6 is 0 Å². The SMILES string of the molecule is CC(C)(C)COc1ccc2c(c1)[C@]1(COC(N)=N1)c1cc(-c3ccoc3)ccc1O2. The van der Waals surface area contributed by atoms with Gasteiger partial charge in [-0.05, 0) is 47.4 Å². The molecule has 6 nitrogen and oxygen atoms in total. The van der Waals surface area contributed by atoms with Gasteiger partial charge in [0.1, 0.15) is 23.9 Å². The topological polar surface area (TPSA) is 79.2 Å². The van der Waals surface area contributed by atoms with Gasteiger partial charge in [-0.3, -0.25) is 0 Å². The Morgan fingerprint density at radius 2 is 1.80 bits per heavy atom. The van der Waals surface area contributed by atoms with Crippen molar-refractivity contribution in [3.8, 4) is 28.4 Å². The molecule has 1 atom stereocenters. The van der Waals surface area contributed by atoms with Crippen molar-refractivity contribution < 1.29 is 18.6 Å². The Morgan fingerprint density at radius 3 is 2.47 bits per heavy atom. The van der Waals surface area contributed by atoms with Crippen LogP contribution in [0.5, 0.6) is 17.2 Å². The molecule has 5 rings (SSSR count). The Hall–Kier alpha value is -3.41. The average molecular weight is 404 g/mol. The predicted octanol–water partition coefficient (Wildman–Crippen LogP) is 5.07. The van der Waals surface area contributed by atoms with E-state index in [1.807, 2.05) is 36.4 Å². The van der Waals surface area contributed by atoms with E-state index in [4.69, 9.17) is 29.4 Å². The Morgan fingerprint density at radius 1 is 1.03 bits per heavy atom. The first-order chi connectivity index (χ1) is 14.3. The van der Waals surface area contributed by atoms with Gasteiger partial charge in [-0.15, -0.1) is 0 Å². The maximum Gasteiger partial charge on any atom is 0.283 e. The van der Waals surface area contributed by atoms with Crippen molar-refractivity contribution in [3.63, 3.8) is 0 Å². The number of fused-ring (bicyclic) bond motifs is 4. The van der Waals surface area contributed by atoms with Crippen molar-refractivity contribution in [3.05, 3.63) is 66.1 Å². The van der Waals surface area contributed by atoms with Crippen molar-refractivity contribution in [2.24, 2.45) is 16.1 Å². The second kappa shape index (κ2) is 6.55. The fourth-order valence-corrected chi connectivity index (χ4v) is 3.83. The minimum Gasteiger partial charge on any atom is -0.493 e. The summed E-state index contributed by atoms with van der Waals surface area (Å²) in [5.41, 5.74) is 9.03. The molecular formula is C24H24N2O4. The number of ether oxygens (including phenoxy) is 3. The van der Waals surface area contributed by atoms with Crippen molar-refractivity contribution in [1.82, 2.24) is 0 Å². The van der Waals surface area contributed by atoms with Gasteiger partial charge in [-0.25, -0.2) is 4.99 Å². The van der Waals surface area contributed by atoms with Crippen LogP contribution in [0.25, 0.3) is 11.1 Å². The van der Waals surface area contributed by atoms with Gasteiger partial charge in [0.25, 0.3) is 6.02 Å². The normalized spacial score (nSPS) is 19.5. The van der Waals surface area contributed by atoms with Crippen LogP contribution in [0.2, 0.25) is 0 Å². The highest BCUT2D eigenvalue weighted by Gasteiger charge is 2.47. The van der Waals surface area contributed by atoms with Crippen LogP contribution in [0.1, 0.15) is 31.9 Å². The minimum absolute atomic E-state index is 0.0508. The Balaban J connectivity index is 1.63. The van der Waals surface area contributed by atoms with E-state index in [9.17, 15) is 0 Å². The molecule has 2 aromatic carbocycles. The number of nitrogens with two attached hydrogens (primary N) is 1. The minimum atomic E-state index is -0.784. The largest absolute Gasteiger partial charge is 0.493 e. The predicted molar refractivity (Wildman–Crippen MR) is 114 cm³/mol. The summed E-state index contributed by atoms with van der Waals surface area (Å²) in [6.45, 7) is 7.32. The van der Waals surface area contributed by atoms with Crippen LogP contribution in [0, 0.1) is 5.41 Å². The molecule has 2 aliphatic heterocycles. The highest BCUT2D eigenvalue weighted by atomic mass is 16.5. The molecule has 2 N–H and O–H groups in total. The first-order valence-electron chi connectivity index (χ1n) is 9.94. The second-order valence-corrected chi connectivity index (χ2v) is 8.93. The number of amidine groups is 1. The molecule has 0 radical (unpaired) electrons. The first-order valence-corrected chi connectivity index (χ1v) is 9.94. The molecule has 154 valence electrons. The lowest BCUT2D eigenvalue weighted by molar-refractivity contribution is 0.197. The quantitative estimate of drug-likeness (QED) is 0.660. The zero-order valence-electron chi connectivity index (χ0n) is 17.3. The van der Waals surface area contributed by atoms with Gasteiger partial charge >= 0.3 is 0 Å². The van der Waals surface area contributed by atoms with Crippen LogP contribution < -0.4 is 15.2 Å². The molecule has 3 aromatic rings. The van der Waals surface area contributed by atoms with Gasteiger partial charge in [0.05, 0.1) is 19.1 Å². The molecule has 6 heteroatoms. The molecule has 0 amide bonds. The highest BCUT2D eigenvalue weighted by Crippen LogP contribution is 2.52. The van der Waals surface area contributed by atoms with E-state index in [2.05, 4.69) is 26.8 Å². The number of aliphatic imine (C=N–C) groups is 1. The maximum absolute atomic E-state index is 6.23. The van der Waals surface area contributed by atoms with Crippen LogP contribution in [0.3, 0.4) is 0 Å². The Labute approximate surface area is 175 Å². The Kier molecular flexibility index (Phi) is 4.07. The zero-order chi connectivity index (χ0) is 20.9. The maximum atomic E-state index is 6.23. The van der Waals surface area contributed by atoms with E-state index in [1.165, 1.54) is 0 Å². The summed E-state index contributed by atoms with van der Waals surface area (Å²) in [5, 5.41) is 0. The van der Waals surface area contributed by atoms with Gasteiger partial charge in [-0.1, -0.05) is 26.8 Å². The number of hydrogen-bond donors (Lipinski definition) is 1. The zero-order valence-corrected chi connectivity index (χ0v) is 17.3. The Bertz CT molecular complexity index is 1130. The molecule has 0 saturated carbocycles. The third-order valence-corrected chi connectivity index (χ3v) is 5.30. The molecule has 3 heterocycles. The van der Waals surface area contributed by atoms with E-state index in [1.54, 1.807) is 12.5 Å². The lowest BCUT2D eigenvalue weighted by Crippen LogP contribution is -2.31. The van der Waals surface area contributed by atoms with Crippen molar-refractivity contribution in [2.45, 2.75) is 26.3 Å². The molecule has 0 fully saturated rings. The standard InChI is InChI=1S/C24H24N2O4/c1-23(2,3)13-28-17-5-7-21-19(11-17)24(14-29-22(25)26-24)18-10-15(4-6-20(18)30-21)16-8-9-27-12-16/h4-12H,13-14H2,1-3H3,(H2,25,26)/t24-/m0/s1. The molecule has 0 aliphatic carbocycles. The first kappa shape index (κ1) is 18.6. The lowest BCUT2D eigenvalue weighted by Gasteiger charge is -2.34. The van der Waals surface area contributed by atoms with E-state index in [0.29, 0.717) is 13.2 Å².